The summed E-state index contributed by atoms with van der Waals surface area (Å²) in [5.74, 6) is 0.480. The second kappa shape index (κ2) is 9.01. The average molecular weight is 374 g/mol. The van der Waals surface area contributed by atoms with E-state index in [1.165, 1.54) is 0 Å². The Morgan fingerprint density at radius 3 is 2.74 bits per heavy atom. The summed E-state index contributed by atoms with van der Waals surface area (Å²) in [4.78, 5) is 15.2. The average Bonchev–Trinajstić information content (AvgIpc) is 2.98. The fourth-order valence-electron chi connectivity index (χ4n) is 2.46. The quantitative estimate of drug-likeness (QED) is 0.421. The molecule has 0 saturated heterocycles. The van der Waals surface area contributed by atoms with Gasteiger partial charge in [0.25, 0.3) is 0 Å². The van der Waals surface area contributed by atoms with Crippen LogP contribution in [0.2, 0.25) is 0 Å². The van der Waals surface area contributed by atoms with Crippen molar-refractivity contribution in [3.05, 3.63) is 30.0 Å². The molecular formula is C20H30N4O3. The number of aromatic nitrogens is 1. The van der Waals surface area contributed by atoms with Crippen molar-refractivity contribution >= 4 is 22.5 Å². The third-order valence-corrected chi connectivity index (χ3v) is 3.80. The molecule has 2 aromatic rings. The number of carbonyl (C=O) groups excluding carboxylic acids is 1. The lowest BCUT2D eigenvalue weighted by Gasteiger charge is -2.23. The van der Waals surface area contributed by atoms with Crippen LogP contribution in [0.5, 0.6) is 5.75 Å². The number of amides is 1. The van der Waals surface area contributed by atoms with Crippen LogP contribution in [0.1, 0.15) is 40.2 Å². The van der Waals surface area contributed by atoms with E-state index in [1.54, 1.807) is 0 Å². The Kier molecular flexibility index (Phi) is 6.98. The van der Waals surface area contributed by atoms with Gasteiger partial charge in [0.15, 0.2) is 0 Å². The highest BCUT2D eigenvalue weighted by molar-refractivity contribution is 5.90. The van der Waals surface area contributed by atoms with Gasteiger partial charge in [-0.05, 0) is 58.4 Å². The van der Waals surface area contributed by atoms with Crippen LogP contribution in [0.3, 0.4) is 0 Å². The van der Waals surface area contributed by atoms with Crippen molar-refractivity contribution in [1.82, 2.24) is 15.7 Å². The minimum atomic E-state index is -0.605. The van der Waals surface area contributed by atoms with Gasteiger partial charge in [0.2, 0.25) is 5.91 Å². The minimum absolute atomic E-state index is 0.0547. The second-order valence-electron chi connectivity index (χ2n) is 7.89. The number of fused-ring (bicyclic) bond motifs is 1. The van der Waals surface area contributed by atoms with Crippen molar-refractivity contribution in [3.63, 3.8) is 0 Å². The predicted octanol–water partition coefficient (Wildman–Crippen LogP) is 2.35. The van der Waals surface area contributed by atoms with Crippen LogP contribution < -0.4 is 15.5 Å². The maximum Gasteiger partial charge on any atom is 0.244 e. The minimum Gasteiger partial charge on any atom is -0.491 e. The zero-order valence-corrected chi connectivity index (χ0v) is 16.7. The molecule has 1 unspecified atom stereocenters. The van der Waals surface area contributed by atoms with E-state index in [-0.39, 0.29) is 24.5 Å². The summed E-state index contributed by atoms with van der Waals surface area (Å²) in [6.45, 7) is 10.4. The van der Waals surface area contributed by atoms with Gasteiger partial charge >= 0.3 is 0 Å². The largest absolute Gasteiger partial charge is 0.491 e. The fraction of sp³-hybridized carbons (Fsp3) is 0.500. The molecular weight excluding hydrogens is 344 g/mol. The van der Waals surface area contributed by atoms with Crippen molar-refractivity contribution in [3.8, 4) is 5.75 Å². The van der Waals surface area contributed by atoms with Crippen molar-refractivity contribution in [2.24, 2.45) is 5.10 Å². The van der Waals surface area contributed by atoms with Gasteiger partial charge in [0, 0.05) is 34.9 Å². The summed E-state index contributed by atoms with van der Waals surface area (Å²) >= 11 is 0. The number of ether oxygens (including phenoxy) is 1. The van der Waals surface area contributed by atoms with Crippen LogP contribution in [0, 0.1) is 0 Å². The number of nitrogens with one attached hydrogen (secondary N) is 3. The Bertz CT molecular complexity index is 801. The maximum atomic E-state index is 12.0. The zero-order chi connectivity index (χ0) is 20.0. The van der Waals surface area contributed by atoms with E-state index < -0.39 is 6.10 Å². The number of benzene rings is 1. The van der Waals surface area contributed by atoms with Crippen LogP contribution in [0.15, 0.2) is 29.5 Å². The highest BCUT2D eigenvalue weighted by Gasteiger charge is 2.13. The molecule has 148 valence electrons. The highest BCUT2D eigenvalue weighted by atomic mass is 16.5. The van der Waals surface area contributed by atoms with Crippen LogP contribution in [-0.4, -0.2) is 46.5 Å². The standard InChI is InChI=1S/C20H30N4O3/c1-13(2)23-24-19(26)8-14-10-21-18-7-6-16(9-17(14)18)27-12-15(25)11-22-20(3,4)5/h6-7,9-10,15,21-22,25H,8,11-12H2,1-5H3,(H,24,26). The molecule has 0 radical (unpaired) electrons. The number of hydrogen-bond donors (Lipinski definition) is 4. The lowest BCUT2D eigenvalue weighted by molar-refractivity contribution is -0.120. The van der Waals surface area contributed by atoms with E-state index >= 15 is 0 Å². The number of β-amino-alcohol motifs (C(OH)–C–C–N with tert-alkyl or cyclic N) is 1. The first-order chi connectivity index (χ1) is 12.6. The Morgan fingerprint density at radius 2 is 2.07 bits per heavy atom. The number of rotatable bonds is 8. The number of carbonyl (C=O) groups is 1. The second-order valence-corrected chi connectivity index (χ2v) is 7.89. The van der Waals surface area contributed by atoms with Crippen LogP contribution in [0.25, 0.3) is 10.9 Å². The number of nitrogens with zero attached hydrogens (tertiary/aromatic N) is 1. The maximum absolute atomic E-state index is 12.0. The first-order valence-corrected chi connectivity index (χ1v) is 9.09. The molecule has 0 aliphatic rings. The number of H-pyrrole nitrogens is 1. The molecule has 7 heteroatoms. The molecule has 1 aromatic heterocycles. The molecule has 0 aliphatic carbocycles. The van der Waals surface area contributed by atoms with E-state index in [4.69, 9.17) is 4.74 Å². The molecule has 4 N–H and O–H groups in total. The third kappa shape index (κ3) is 7.03. The van der Waals surface area contributed by atoms with Crippen LogP contribution in [-0.2, 0) is 11.2 Å². The molecule has 0 fully saturated rings. The SMILES string of the molecule is CC(C)=NNC(=O)Cc1c[nH]c2ccc(OCC(O)CNC(C)(C)C)cc12. The number of aliphatic hydroxyl groups is 1. The zero-order valence-electron chi connectivity index (χ0n) is 16.7. The predicted molar refractivity (Wildman–Crippen MR) is 108 cm³/mol. The normalized spacial score (nSPS) is 12.7. The summed E-state index contributed by atoms with van der Waals surface area (Å²) in [5.41, 5.74) is 5.06. The monoisotopic (exact) mass is 374 g/mol. The van der Waals surface area contributed by atoms with Crippen molar-refractivity contribution in [2.75, 3.05) is 13.2 Å². The van der Waals surface area contributed by atoms with Gasteiger partial charge in [-0.2, -0.15) is 5.10 Å². The van der Waals surface area contributed by atoms with Gasteiger partial charge in [0.05, 0.1) is 6.42 Å². The Morgan fingerprint density at radius 1 is 1.33 bits per heavy atom. The number of hydrogen-bond acceptors (Lipinski definition) is 5. The summed E-state index contributed by atoms with van der Waals surface area (Å²) < 4.78 is 5.72. The molecule has 7 nitrogen and oxygen atoms in total. The van der Waals surface area contributed by atoms with E-state index in [1.807, 2.05) is 59.0 Å². The molecule has 1 atom stereocenters. The molecule has 1 amide bonds. The Labute approximate surface area is 160 Å². The first kappa shape index (κ1) is 20.9. The van der Waals surface area contributed by atoms with E-state index in [2.05, 4.69) is 20.8 Å². The van der Waals surface area contributed by atoms with Gasteiger partial charge in [0.1, 0.15) is 18.5 Å². The lowest BCUT2D eigenvalue weighted by Crippen LogP contribution is -2.42. The summed E-state index contributed by atoms with van der Waals surface area (Å²) in [6, 6.07) is 5.63. The molecule has 27 heavy (non-hydrogen) atoms. The molecule has 0 saturated carbocycles. The van der Waals surface area contributed by atoms with Crippen molar-refractivity contribution in [1.29, 1.82) is 0 Å². The Balaban J connectivity index is 1.99. The highest BCUT2D eigenvalue weighted by Crippen LogP contribution is 2.24. The van der Waals surface area contributed by atoms with E-state index in [0.717, 1.165) is 22.2 Å². The van der Waals surface area contributed by atoms with Gasteiger partial charge in [-0.15, -0.1) is 0 Å². The summed E-state index contributed by atoms with van der Waals surface area (Å²) in [6.07, 6.45) is 1.43. The number of hydrazone groups is 1. The molecule has 1 aromatic carbocycles. The van der Waals surface area contributed by atoms with Gasteiger partial charge in [-0.1, -0.05) is 0 Å². The van der Waals surface area contributed by atoms with Gasteiger partial charge in [-0.3, -0.25) is 4.79 Å². The van der Waals surface area contributed by atoms with Crippen LogP contribution in [0.4, 0.5) is 0 Å². The summed E-state index contributed by atoms with van der Waals surface area (Å²) in [5, 5.41) is 18.2. The molecule has 2 rings (SSSR count). The third-order valence-electron chi connectivity index (χ3n) is 3.80. The van der Waals surface area contributed by atoms with Crippen molar-refractivity contribution in [2.45, 2.75) is 52.7 Å². The lowest BCUT2D eigenvalue weighted by atomic mass is 10.1. The van der Waals surface area contributed by atoms with Gasteiger partial charge < -0.3 is 20.1 Å². The number of aromatic amines is 1. The number of aliphatic hydroxyl groups excluding tert-OH is 1. The molecule has 0 aliphatic heterocycles. The summed E-state index contributed by atoms with van der Waals surface area (Å²) in [7, 11) is 0. The first-order valence-electron chi connectivity index (χ1n) is 9.09. The Hall–Kier alpha value is -2.38. The molecule has 0 bridgehead atoms. The van der Waals surface area contributed by atoms with Crippen molar-refractivity contribution < 1.29 is 14.6 Å². The molecule has 0 spiro atoms. The smallest absolute Gasteiger partial charge is 0.244 e. The molecule has 1 heterocycles. The van der Waals surface area contributed by atoms with Gasteiger partial charge in [-0.25, -0.2) is 5.43 Å². The topological polar surface area (TPSA) is 98.7 Å². The fourth-order valence-corrected chi connectivity index (χ4v) is 2.46. The van der Waals surface area contributed by atoms with E-state index in [0.29, 0.717) is 12.3 Å². The van der Waals surface area contributed by atoms with E-state index in [9.17, 15) is 9.90 Å². The van der Waals surface area contributed by atoms with Crippen LogP contribution >= 0.6 is 0 Å².